The van der Waals surface area contributed by atoms with Gasteiger partial charge in [-0.15, -0.1) is 0 Å². The quantitative estimate of drug-likeness (QED) is 0.724. The zero-order chi connectivity index (χ0) is 10.9. The molecule has 1 rings (SSSR count). The lowest BCUT2D eigenvalue weighted by atomic mass is 10.3. The van der Waals surface area contributed by atoms with Crippen LogP contribution < -0.4 is 10.6 Å². The van der Waals surface area contributed by atoms with Crippen molar-refractivity contribution in [2.75, 3.05) is 24.2 Å². The van der Waals surface area contributed by atoms with Crippen molar-refractivity contribution in [3.63, 3.8) is 0 Å². The van der Waals surface area contributed by atoms with Gasteiger partial charge in [0.05, 0.1) is 17.5 Å². The Morgan fingerprint density at radius 1 is 1.64 bits per heavy atom. The van der Waals surface area contributed by atoms with Gasteiger partial charge >= 0.3 is 0 Å². The van der Waals surface area contributed by atoms with Crippen LogP contribution in [0.4, 0.5) is 11.5 Å². The predicted molar refractivity (Wildman–Crippen MR) is 57.3 cm³/mol. The Hall–Kier alpha value is -1.23. The van der Waals surface area contributed by atoms with Crippen molar-refractivity contribution >= 4 is 11.5 Å². The Labute approximate surface area is 84.1 Å². The molecule has 1 aromatic heterocycles. The molecule has 0 amide bonds. The number of nitrogens with zero attached hydrogens (tertiary/aromatic N) is 3. The summed E-state index contributed by atoms with van der Waals surface area (Å²) in [6.07, 6.45) is -0.380. The van der Waals surface area contributed by atoms with E-state index in [2.05, 4.69) is 5.10 Å². The molecule has 1 heterocycles. The van der Waals surface area contributed by atoms with E-state index in [1.807, 2.05) is 25.9 Å². The van der Waals surface area contributed by atoms with Gasteiger partial charge in [0.25, 0.3) is 0 Å². The van der Waals surface area contributed by atoms with Crippen LogP contribution in [0.25, 0.3) is 0 Å². The van der Waals surface area contributed by atoms with E-state index in [0.717, 1.165) is 11.5 Å². The minimum atomic E-state index is -0.380. The predicted octanol–water partition coefficient (Wildman–Crippen LogP) is 0.128. The van der Waals surface area contributed by atoms with Crippen molar-refractivity contribution in [2.45, 2.75) is 20.0 Å². The molecule has 1 unspecified atom stereocenters. The molecule has 5 nitrogen and oxygen atoms in total. The molecule has 0 aliphatic rings. The van der Waals surface area contributed by atoms with E-state index in [4.69, 9.17) is 5.73 Å². The first-order chi connectivity index (χ1) is 6.43. The summed E-state index contributed by atoms with van der Waals surface area (Å²) in [6.45, 7) is 4.16. The van der Waals surface area contributed by atoms with Crippen LogP contribution in [0.15, 0.2) is 0 Å². The number of likely N-dealkylation sites (N-methyl/N-ethyl adjacent to an activating group) is 1. The fourth-order valence-electron chi connectivity index (χ4n) is 1.60. The topological polar surface area (TPSA) is 67.3 Å². The number of aryl methyl sites for hydroxylation is 2. The van der Waals surface area contributed by atoms with Gasteiger partial charge in [0.2, 0.25) is 0 Å². The molecule has 0 saturated heterocycles. The number of rotatable bonds is 3. The molecule has 5 heteroatoms. The summed E-state index contributed by atoms with van der Waals surface area (Å²) in [5.41, 5.74) is 7.37. The fourth-order valence-corrected chi connectivity index (χ4v) is 1.60. The maximum atomic E-state index is 9.26. The number of aliphatic hydroxyl groups excluding tert-OH is 1. The third kappa shape index (κ3) is 1.98. The third-order valence-corrected chi connectivity index (χ3v) is 2.14. The van der Waals surface area contributed by atoms with Crippen molar-refractivity contribution in [1.29, 1.82) is 0 Å². The second kappa shape index (κ2) is 3.88. The van der Waals surface area contributed by atoms with Crippen LogP contribution in [0.2, 0.25) is 0 Å². The summed E-state index contributed by atoms with van der Waals surface area (Å²) >= 11 is 0. The monoisotopic (exact) mass is 198 g/mol. The highest BCUT2D eigenvalue weighted by Crippen LogP contribution is 2.24. The lowest BCUT2D eigenvalue weighted by Crippen LogP contribution is -2.29. The minimum absolute atomic E-state index is 0.380. The van der Waals surface area contributed by atoms with Gasteiger partial charge in [-0.05, 0) is 13.8 Å². The highest BCUT2D eigenvalue weighted by molar-refractivity contribution is 5.65. The zero-order valence-corrected chi connectivity index (χ0v) is 9.15. The fraction of sp³-hybridized carbons (Fsp3) is 0.667. The number of nitrogen functional groups attached to an aromatic ring is 1. The van der Waals surface area contributed by atoms with Crippen LogP contribution in [0, 0.1) is 6.92 Å². The Morgan fingerprint density at radius 2 is 2.21 bits per heavy atom. The number of anilines is 2. The summed E-state index contributed by atoms with van der Waals surface area (Å²) in [7, 11) is 3.73. The maximum absolute atomic E-state index is 9.26. The second-order valence-electron chi connectivity index (χ2n) is 3.68. The van der Waals surface area contributed by atoms with E-state index in [-0.39, 0.29) is 6.10 Å². The van der Waals surface area contributed by atoms with E-state index >= 15 is 0 Å². The molecule has 0 fully saturated rings. The number of nitrogens with two attached hydrogens (primary N) is 1. The summed E-state index contributed by atoms with van der Waals surface area (Å²) in [6, 6.07) is 0. The maximum Gasteiger partial charge on any atom is 0.150 e. The van der Waals surface area contributed by atoms with Crippen LogP contribution in [0.1, 0.15) is 12.6 Å². The number of aliphatic hydroxyl groups is 1. The van der Waals surface area contributed by atoms with Crippen LogP contribution >= 0.6 is 0 Å². The SMILES string of the molecule is Cc1nn(C)c(N(C)CC(C)O)c1N. The van der Waals surface area contributed by atoms with Crippen molar-refractivity contribution < 1.29 is 5.11 Å². The first-order valence-electron chi connectivity index (χ1n) is 4.61. The van der Waals surface area contributed by atoms with E-state index < -0.39 is 0 Å². The molecular formula is C9H18N4O. The zero-order valence-electron chi connectivity index (χ0n) is 9.15. The second-order valence-corrected chi connectivity index (χ2v) is 3.68. The van der Waals surface area contributed by atoms with E-state index in [1.165, 1.54) is 0 Å². The van der Waals surface area contributed by atoms with Gasteiger partial charge < -0.3 is 15.7 Å². The van der Waals surface area contributed by atoms with E-state index in [1.54, 1.807) is 11.6 Å². The number of hydrogen-bond donors (Lipinski definition) is 2. The van der Waals surface area contributed by atoms with Crippen molar-refractivity contribution in [3.8, 4) is 0 Å². The Balaban J connectivity index is 2.94. The van der Waals surface area contributed by atoms with Crippen LogP contribution in [0.3, 0.4) is 0 Å². The molecule has 1 atom stereocenters. The minimum Gasteiger partial charge on any atom is -0.394 e. The molecule has 0 spiro atoms. The summed E-state index contributed by atoms with van der Waals surface area (Å²) in [5, 5.41) is 13.5. The van der Waals surface area contributed by atoms with Crippen LogP contribution in [-0.2, 0) is 7.05 Å². The molecule has 0 aliphatic carbocycles. The molecule has 3 N–H and O–H groups in total. The largest absolute Gasteiger partial charge is 0.394 e. The molecule has 0 radical (unpaired) electrons. The molecular weight excluding hydrogens is 180 g/mol. The Kier molecular flexibility index (Phi) is 3.00. The van der Waals surface area contributed by atoms with Crippen molar-refractivity contribution in [2.24, 2.45) is 7.05 Å². The molecule has 0 saturated carbocycles. The smallest absolute Gasteiger partial charge is 0.150 e. The summed E-state index contributed by atoms with van der Waals surface area (Å²) < 4.78 is 1.73. The summed E-state index contributed by atoms with van der Waals surface area (Å²) in [4.78, 5) is 1.90. The van der Waals surface area contributed by atoms with Gasteiger partial charge in [-0.3, -0.25) is 4.68 Å². The van der Waals surface area contributed by atoms with Gasteiger partial charge in [-0.2, -0.15) is 5.10 Å². The number of hydrogen-bond acceptors (Lipinski definition) is 4. The standard InChI is InChI=1S/C9H18N4O/c1-6(14)5-12(3)9-8(10)7(2)11-13(9)4/h6,14H,5,10H2,1-4H3. The Bertz CT molecular complexity index is 319. The Morgan fingerprint density at radius 3 is 2.57 bits per heavy atom. The molecule has 0 aliphatic heterocycles. The van der Waals surface area contributed by atoms with Gasteiger partial charge in [0, 0.05) is 20.6 Å². The van der Waals surface area contributed by atoms with Crippen molar-refractivity contribution in [1.82, 2.24) is 9.78 Å². The molecule has 0 bridgehead atoms. The van der Waals surface area contributed by atoms with E-state index in [9.17, 15) is 5.11 Å². The molecule has 0 aromatic carbocycles. The first-order valence-corrected chi connectivity index (χ1v) is 4.61. The third-order valence-electron chi connectivity index (χ3n) is 2.14. The summed E-state index contributed by atoms with van der Waals surface area (Å²) in [5.74, 6) is 0.850. The molecule has 14 heavy (non-hydrogen) atoms. The first kappa shape index (κ1) is 10.8. The van der Waals surface area contributed by atoms with Gasteiger partial charge in [-0.25, -0.2) is 0 Å². The highest BCUT2D eigenvalue weighted by atomic mass is 16.3. The van der Waals surface area contributed by atoms with Crippen LogP contribution in [-0.4, -0.2) is 34.6 Å². The average Bonchev–Trinajstić information content (AvgIpc) is 2.25. The molecule has 1 aromatic rings. The highest BCUT2D eigenvalue weighted by Gasteiger charge is 2.14. The van der Waals surface area contributed by atoms with Crippen LogP contribution in [0.5, 0.6) is 0 Å². The normalized spacial score (nSPS) is 12.9. The van der Waals surface area contributed by atoms with Gasteiger partial charge in [0.15, 0.2) is 0 Å². The average molecular weight is 198 g/mol. The molecule has 80 valence electrons. The van der Waals surface area contributed by atoms with Crippen molar-refractivity contribution in [3.05, 3.63) is 5.69 Å². The van der Waals surface area contributed by atoms with Gasteiger partial charge in [-0.1, -0.05) is 0 Å². The number of aromatic nitrogens is 2. The van der Waals surface area contributed by atoms with E-state index in [0.29, 0.717) is 12.2 Å². The lowest BCUT2D eigenvalue weighted by Gasteiger charge is -2.21. The lowest BCUT2D eigenvalue weighted by molar-refractivity contribution is 0.201. The van der Waals surface area contributed by atoms with Gasteiger partial charge in [0.1, 0.15) is 5.82 Å².